The number of fused-ring (bicyclic) bond motifs is 1. The molecule has 1 saturated carbocycles. The van der Waals surface area contributed by atoms with Crippen LogP contribution in [0.25, 0.3) is 22.3 Å². The Morgan fingerprint density at radius 2 is 1.93 bits per heavy atom. The summed E-state index contributed by atoms with van der Waals surface area (Å²) in [7, 11) is 0. The Morgan fingerprint density at radius 3 is 2.65 bits per heavy atom. The van der Waals surface area contributed by atoms with E-state index in [2.05, 4.69) is 15.9 Å². The van der Waals surface area contributed by atoms with E-state index in [1.165, 1.54) is 6.33 Å². The van der Waals surface area contributed by atoms with E-state index in [0.717, 1.165) is 24.0 Å². The van der Waals surface area contributed by atoms with Gasteiger partial charge in [-0.1, -0.05) is 12.0 Å². The van der Waals surface area contributed by atoms with Crippen molar-refractivity contribution in [2.75, 3.05) is 18.8 Å². The molecule has 1 saturated heterocycles. The van der Waals surface area contributed by atoms with Crippen LogP contribution in [-0.4, -0.2) is 43.6 Å². The molecule has 10 heteroatoms. The summed E-state index contributed by atoms with van der Waals surface area (Å²) in [6, 6.07) is 18.7. The van der Waals surface area contributed by atoms with Crippen molar-refractivity contribution in [2.24, 2.45) is 11.3 Å². The Labute approximate surface area is 230 Å². The van der Waals surface area contributed by atoms with E-state index in [1.807, 2.05) is 59.3 Å². The summed E-state index contributed by atoms with van der Waals surface area (Å²) in [4.78, 5) is 23.6. The van der Waals surface area contributed by atoms with Crippen LogP contribution in [0.4, 0.5) is 5.82 Å². The van der Waals surface area contributed by atoms with Crippen LogP contribution >= 0.6 is 0 Å². The topological polar surface area (TPSA) is 147 Å². The molecule has 2 fully saturated rings. The van der Waals surface area contributed by atoms with Crippen LogP contribution in [-0.2, 0) is 4.79 Å². The maximum absolute atomic E-state index is 13.1. The van der Waals surface area contributed by atoms with Crippen LogP contribution in [0.1, 0.15) is 30.9 Å². The average Bonchev–Trinajstić information content (AvgIpc) is 3.61. The van der Waals surface area contributed by atoms with Gasteiger partial charge in [0.2, 0.25) is 5.91 Å². The number of amides is 1. The van der Waals surface area contributed by atoms with Crippen molar-refractivity contribution >= 4 is 22.8 Å². The summed E-state index contributed by atoms with van der Waals surface area (Å²) in [5, 5.41) is 24.3. The lowest BCUT2D eigenvalue weighted by molar-refractivity contribution is -0.134. The minimum Gasteiger partial charge on any atom is -0.457 e. The third-order valence-corrected chi connectivity index (χ3v) is 7.59. The lowest BCUT2D eigenvalue weighted by atomic mass is 10.0. The number of benzene rings is 2. The van der Waals surface area contributed by atoms with E-state index < -0.39 is 11.3 Å². The number of rotatable bonds is 5. The third kappa shape index (κ3) is 4.24. The molecule has 3 heterocycles. The number of ether oxygens (including phenoxy) is 1. The minimum absolute atomic E-state index is 0.147. The van der Waals surface area contributed by atoms with Gasteiger partial charge in [0.05, 0.1) is 29.5 Å². The number of nitriles is 2. The Bertz CT molecular complexity index is 1740. The molecule has 4 aromatic rings. The van der Waals surface area contributed by atoms with Gasteiger partial charge >= 0.3 is 0 Å². The van der Waals surface area contributed by atoms with Gasteiger partial charge in [-0.25, -0.2) is 14.6 Å². The molecule has 1 unspecified atom stereocenters. The lowest BCUT2D eigenvalue weighted by Crippen LogP contribution is -2.42. The number of terminal acetylenes is 1. The number of hydrogen-bond acceptors (Lipinski definition) is 8. The Morgan fingerprint density at radius 1 is 1.12 bits per heavy atom. The number of piperidine rings is 1. The molecule has 6 rings (SSSR count). The Balaban J connectivity index is 1.28. The fourth-order valence-corrected chi connectivity index (χ4v) is 5.33. The van der Waals surface area contributed by atoms with Crippen LogP contribution in [0, 0.1) is 46.3 Å². The van der Waals surface area contributed by atoms with E-state index in [4.69, 9.17) is 22.0 Å². The van der Waals surface area contributed by atoms with Crippen molar-refractivity contribution < 1.29 is 9.53 Å². The Kier molecular flexibility index (Phi) is 6.06. The second-order valence-corrected chi connectivity index (χ2v) is 10.1. The second-order valence-electron chi connectivity index (χ2n) is 10.1. The highest BCUT2D eigenvalue weighted by molar-refractivity contribution is 5.98. The maximum Gasteiger partial charge on any atom is 0.228 e. The van der Waals surface area contributed by atoms with Crippen molar-refractivity contribution in [3.63, 3.8) is 0 Å². The Hall–Kier alpha value is -5.40. The van der Waals surface area contributed by atoms with Crippen LogP contribution in [0.2, 0.25) is 0 Å². The van der Waals surface area contributed by atoms with Crippen LogP contribution in [0.15, 0.2) is 54.9 Å². The molecule has 2 N–H and O–H groups in total. The van der Waals surface area contributed by atoms with E-state index >= 15 is 0 Å². The van der Waals surface area contributed by atoms with Crippen molar-refractivity contribution in [3.05, 3.63) is 60.4 Å². The second kappa shape index (κ2) is 9.72. The SMILES string of the molecule is C#Cc1cccc(Oc2ccc(-c3nn([C@@H]4CCCN(C(=O)C5CC5(C#N)C#N)C4)c4ncnc(N)c34)cc2)c1. The number of carbonyl (C=O) groups is 1. The van der Waals surface area contributed by atoms with E-state index in [1.54, 1.807) is 11.0 Å². The highest BCUT2D eigenvalue weighted by Gasteiger charge is 2.61. The number of aromatic nitrogens is 4. The first-order valence-corrected chi connectivity index (χ1v) is 12.9. The number of nitrogen functional groups attached to an aromatic ring is 1. The van der Waals surface area contributed by atoms with Gasteiger partial charge in [0.15, 0.2) is 11.1 Å². The molecule has 1 aliphatic heterocycles. The molecule has 2 atom stereocenters. The van der Waals surface area contributed by atoms with E-state index in [9.17, 15) is 15.3 Å². The summed E-state index contributed by atoms with van der Waals surface area (Å²) in [5.74, 6) is 3.47. The number of likely N-dealkylation sites (tertiary alicyclic amines) is 1. The molecule has 2 aromatic carbocycles. The van der Waals surface area contributed by atoms with Crippen molar-refractivity contribution in [1.29, 1.82) is 10.5 Å². The standard InChI is InChI=1S/C30H24N8O2/c1-2-19-5-3-7-23(13-19)40-22-10-8-20(9-11-22)26-25-27(33)34-18-35-28(25)38(36-26)21-6-4-12-37(15-21)29(39)24-14-30(24,16-31)17-32/h1,3,5,7-11,13,18,21,24H,4,6,12,14-15H2,(H2,33,34,35)/t21-,24?/m1/s1. The monoisotopic (exact) mass is 528 g/mol. The summed E-state index contributed by atoms with van der Waals surface area (Å²) in [6.07, 6.45) is 8.74. The average molecular weight is 529 g/mol. The highest BCUT2D eigenvalue weighted by atomic mass is 16.5. The number of hydrogen-bond donors (Lipinski definition) is 1. The van der Waals surface area contributed by atoms with Gasteiger partial charge in [0, 0.05) is 24.2 Å². The molecule has 0 bridgehead atoms. The number of carbonyl (C=O) groups excluding carboxylic acids is 1. The van der Waals surface area contributed by atoms with Gasteiger partial charge in [-0.05, 0) is 61.7 Å². The largest absolute Gasteiger partial charge is 0.457 e. The molecule has 196 valence electrons. The van der Waals surface area contributed by atoms with Crippen molar-refractivity contribution in [2.45, 2.75) is 25.3 Å². The predicted octanol–water partition coefficient (Wildman–Crippen LogP) is 4.07. The zero-order valence-electron chi connectivity index (χ0n) is 21.5. The summed E-state index contributed by atoms with van der Waals surface area (Å²) < 4.78 is 7.79. The zero-order valence-corrected chi connectivity index (χ0v) is 21.5. The zero-order chi connectivity index (χ0) is 27.9. The third-order valence-electron chi connectivity index (χ3n) is 7.59. The van der Waals surface area contributed by atoms with Crippen molar-refractivity contribution in [3.8, 4) is 47.2 Å². The van der Waals surface area contributed by atoms with Crippen LogP contribution in [0.3, 0.4) is 0 Å². The molecule has 0 spiro atoms. The van der Waals surface area contributed by atoms with Gasteiger partial charge in [-0.3, -0.25) is 4.79 Å². The lowest BCUT2D eigenvalue weighted by Gasteiger charge is -2.33. The van der Waals surface area contributed by atoms with Gasteiger partial charge in [-0.15, -0.1) is 6.42 Å². The fraction of sp³-hybridized carbons (Fsp3) is 0.267. The molecule has 2 aliphatic rings. The van der Waals surface area contributed by atoms with Crippen LogP contribution < -0.4 is 10.5 Å². The highest BCUT2D eigenvalue weighted by Crippen LogP contribution is 2.52. The fourth-order valence-electron chi connectivity index (χ4n) is 5.33. The van der Waals surface area contributed by atoms with Gasteiger partial charge in [0.25, 0.3) is 0 Å². The van der Waals surface area contributed by atoms with Gasteiger partial charge in [-0.2, -0.15) is 15.6 Å². The quantitative estimate of drug-likeness (QED) is 0.381. The molecular formula is C30H24N8O2. The minimum atomic E-state index is -1.20. The van der Waals surface area contributed by atoms with Crippen molar-refractivity contribution in [1.82, 2.24) is 24.6 Å². The summed E-state index contributed by atoms with van der Waals surface area (Å²) in [6.45, 7) is 0.986. The molecule has 10 nitrogen and oxygen atoms in total. The molecule has 2 aromatic heterocycles. The van der Waals surface area contributed by atoms with Gasteiger partial charge < -0.3 is 15.4 Å². The number of nitrogens with zero attached hydrogens (tertiary/aromatic N) is 7. The predicted molar refractivity (Wildman–Crippen MR) is 146 cm³/mol. The first kappa shape index (κ1) is 24.9. The van der Waals surface area contributed by atoms with Crippen LogP contribution in [0.5, 0.6) is 11.5 Å². The molecule has 1 aliphatic carbocycles. The molecule has 40 heavy (non-hydrogen) atoms. The van der Waals surface area contributed by atoms with E-state index in [0.29, 0.717) is 47.1 Å². The number of nitrogens with two attached hydrogens (primary N) is 1. The molecular weight excluding hydrogens is 504 g/mol. The number of anilines is 1. The smallest absolute Gasteiger partial charge is 0.228 e. The maximum atomic E-state index is 13.1. The summed E-state index contributed by atoms with van der Waals surface area (Å²) in [5.41, 5.74) is 7.87. The first-order valence-electron chi connectivity index (χ1n) is 12.9. The molecule has 0 radical (unpaired) electrons. The first-order chi connectivity index (χ1) is 19.5. The van der Waals surface area contributed by atoms with E-state index in [-0.39, 0.29) is 18.4 Å². The normalized spacial score (nSPS) is 19.3. The van der Waals surface area contributed by atoms with Gasteiger partial charge in [0.1, 0.15) is 29.3 Å². The summed E-state index contributed by atoms with van der Waals surface area (Å²) >= 11 is 0. The molecule has 1 amide bonds.